The van der Waals surface area contributed by atoms with Gasteiger partial charge in [0.2, 0.25) is 5.69 Å². The molecular weight excluding hydrogens is 829 g/mol. The minimum Gasteiger partial charge on any atom is -0.344 e. The monoisotopic (exact) mass is 881 g/mol. The average molecular weight is 882 g/mol. The molecule has 0 radical (unpaired) electrons. The van der Waals surface area contributed by atoms with E-state index < -0.39 is 51.3 Å². The van der Waals surface area contributed by atoms with E-state index in [1.165, 1.54) is 24.3 Å². The Morgan fingerprint density at radius 3 is 1.88 bits per heavy atom. The second-order valence-electron chi connectivity index (χ2n) is 16.0. The molecule has 0 unspecified atom stereocenters. The Balaban J connectivity index is 1.54. The Morgan fingerprint density at radius 2 is 1.29 bits per heavy atom. The summed E-state index contributed by atoms with van der Waals surface area (Å²) < 4.78 is 134. The van der Waals surface area contributed by atoms with E-state index in [0.717, 1.165) is 58.8 Å². The molecule has 18 heteroatoms. The van der Waals surface area contributed by atoms with Crippen LogP contribution in [0.5, 0.6) is 0 Å². The van der Waals surface area contributed by atoms with Gasteiger partial charge in [0.1, 0.15) is 6.54 Å². The summed E-state index contributed by atoms with van der Waals surface area (Å²) in [6.07, 6.45) is 12.6. The number of rotatable bonds is 16. The Hall–Kier alpha value is -3.49. The zero-order valence-electron chi connectivity index (χ0n) is 33.3. The summed E-state index contributed by atoms with van der Waals surface area (Å²) in [6, 6.07) is 8.88. The molecule has 5 rings (SSSR count). The molecule has 0 spiro atoms. The molecule has 0 amide bonds. The Labute approximate surface area is 342 Å². The third-order valence-corrected chi connectivity index (χ3v) is 14.6. The van der Waals surface area contributed by atoms with Gasteiger partial charge in [-0.15, -0.1) is 0 Å². The fraction of sp³-hybridized carbons (Fsp3) is 0.475. The van der Waals surface area contributed by atoms with E-state index in [2.05, 4.69) is 19.1 Å². The van der Waals surface area contributed by atoms with Crippen LogP contribution in [-0.2, 0) is 51.3 Å². The van der Waals surface area contributed by atoms with Crippen LogP contribution in [0, 0.1) is 0 Å². The first-order chi connectivity index (χ1) is 26.8. The maximum Gasteiger partial charge on any atom is 0.294 e. The molecular formula is C40H53N2O12S4+. The molecule has 0 saturated heterocycles. The highest BCUT2D eigenvalue weighted by molar-refractivity contribution is 7.86. The summed E-state index contributed by atoms with van der Waals surface area (Å²) in [4.78, 5) is 1.57. The van der Waals surface area contributed by atoms with Crippen LogP contribution in [0.3, 0.4) is 0 Å². The molecule has 0 atom stereocenters. The topological polar surface area (TPSA) is 224 Å². The van der Waals surface area contributed by atoms with Crippen LogP contribution >= 0.6 is 0 Å². The van der Waals surface area contributed by atoms with Crippen LogP contribution in [-0.4, -0.2) is 86.8 Å². The van der Waals surface area contributed by atoms with Crippen LogP contribution in [0.15, 0.2) is 92.9 Å². The average Bonchev–Trinajstić information content (AvgIpc) is 3.45. The third kappa shape index (κ3) is 10.3. The first-order valence-corrected chi connectivity index (χ1v) is 25.2. The van der Waals surface area contributed by atoms with Gasteiger partial charge in [-0.2, -0.15) is 38.2 Å². The van der Waals surface area contributed by atoms with E-state index in [1.54, 1.807) is 12.1 Å². The van der Waals surface area contributed by atoms with Crippen molar-refractivity contribution in [1.29, 1.82) is 0 Å². The summed E-state index contributed by atoms with van der Waals surface area (Å²) in [5.41, 5.74) is 6.48. The quantitative estimate of drug-likeness (QED) is 0.0762. The van der Waals surface area contributed by atoms with E-state index >= 15 is 0 Å². The second-order valence-corrected chi connectivity index (χ2v) is 22.0. The fourth-order valence-corrected chi connectivity index (χ4v) is 10.5. The number of hydrogen-bond acceptors (Lipinski definition) is 9. The predicted octanol–water partition coefficient (Wildman–Crippen LogP) is 6.95. The molecule has 0 saturated carbocycles. The molecule has 318 valence electrons. The van der Waals surface area contributed by atoms with Crippen molar-refractivity contribution in [2.45, 2.75) is 107 Å². The SMILES string of the molecule is CCC1=C(/C=C/C2=[N+](CCCCS(=O)(=O)O)c3ccc(S(=O)(=O)O)cc3C2(C)C)CCC/C1=C\C=C1\N(CCCCS(=O)(=O)O)c2ccc(S(=O)(=O)O)cc2C1(C)C. The number of allylic oxidation sites excluding steroid dienone is 8. The van der Waals surface area contributed by atoms with Gasteiger partial charge in [-0.1, -0.05) is 32.9 Å². The number of hydrogen-bond donors (Lipinski definition) is 4. The normalized spacial score (nSPS) is 19.8. The first-order valence-electron chi connectivity index (χ1n) is 19.1. The van der Waals surface area contributed by atoms with Gasteiger partial charge in [-0.25, -0.2) is 0 Å². The van der Waals surface area contributed by atoms with Gasteiger partial charge < -0.3 is 4.90 Å². The molecule has 0 bridgehead atoms. The van der Waals surface area contributed by atoms with Crippen molar-refractivity contribution in [3.05, 3.63) is 94.2 Å². The molecule has 0 aromatic heterocycles. The number of benzene rings is 2. The fourth-order valence-electron chi connectivity index (χ4n) is 8.38. The third-order valence-electron chi connectivity index (χ3n) is 11.3. The first kappa shape index (κ1) is 45.6. The van der Waals surface area contributed by atoms with Crippen LogP contribution < -0.4 is 4.90 Å². The van der Waals surface area contributed by atoms with Crippen molar-refractivity contribution in [3.8, 4) is 0 Å². The smallest absolute Gasteiger partial charge is 0.294 e. The van der Waals surface area contributed by atoms with Gasteiger partial charge in [-0.05, 0) is 117 Å². The van der Waals surface area contributed by atoms with Crippen LogP contribution in [0.1, 0.15) is 97.1 Å². The minimum atomic E-state index is -4.48. The van der Waals surface area contributed by atoms with Gasteiger partial charge in [0, 0.05) is 47.5 Å². The van der Waals surface area contributed by atoms with Gasteiger partial charge >= 0.3 is 0 Å². The molecule has 2 aliphatic heterocycles. The van der Waals surface area contributed by atoms with E-state index in [1.807, 2.05) is 49.3 Å². The lowest BCUT2D eigenvalue weighted by atomic mass is 9.80. The van der Waals surface area contributed by atoms with Crippen LogP contribution in [0.2, 0.25) is 0 Å². The summed E-state index contributed by atoms with van der Waals surface area (Å²) in [5.74, 6) is -0.773. The molecule has 2 aromatic carbocycles. The molecule has 0 fully saturated rings. The van der Waals surface area contributed by atoms with Gasteiger partial charge in [0.25, 0.3) is 40.5 Å². The highest BCUT2D eigenvalue weighted by Gasteiger charge is 2.45. The molecule has 58 heavy (non-hydrogen) atoms. The Kier molecular flexibility index (Phi) is 13.3. The van der Waals surface area contributed by atoms with Gasteiger partial charge in [0.15, 0.2) is 5.71 Å². The molecule has 4 N–H and O–H groups in total. The van der Waals surface area contributed by atoms with E-state index in [4.69, 9.17) is 0 Å². The summed E-state index contributed by atoms with van der Waals surface area (Å²) in [6.45, 7) is 10.7. The largest absolute Gasteiger partial charge is 0.344 e. The maximum absolute atomic E-state index is 12.1. The summed E-state index contributed by atoms with van der Waals surface area (Å²) in [7, 11) is -17.2. The van der Waals surface area contributed by atoms with E-state index in [0.29, 0.717) is 43.5 Å². The number of unbranched alkanes of at least 4 members (excludes halogenated alkanes) is 2. The number of anilines is 1. The lowest BCUT2D eigenvalue weighted by molar-refractivity contribution is -0.438. The minimum absolute atomic E-state index is 0.214. The van der Waals surface area contributed by atoms with Crippen molar-refractivity contribution in [2.24, 2.45) is 0 Å². The van der Waals surface area contributed by atoms with E-state index in [-0.39, 0.29) is 34.1 Å². The Bertz CT molecular complexity index is 2580. The van der Waals surface area contributed by atoms with Crippen molar-refractivity contribution in [2.75, 3.05) is 29.5 Å². The van der Waals surface area contributed by atoms with Gasteiger partial charge in [0.05, 0.1) is 26.7 Å². The molecule has 1 aliphatic carbocycles. The predicted molar refractivity (Wildman–Crippen MR) is 223 cm³/mol. The summed E-state index contributed by atoms with van der Waals surface area (Å²) in [5, 5.41) is 0. The lowest BCUT2D eigenvalue weighted by Crippen LogP contribution is -2.28. The van der Waals surface area contributed by atoms with Crippen LogP contribution in [0.25, 0.3) is 0 Å². The Morgan fingerprint density at radius 1 is 0.707 bits per heavy atom. The number of fused-ring (bicyclic) bond motifs is 2. The van der Waals surface area contributed by atoms with E-state index in [9.17, 15) is 51.9 Å². The standard InChI is InChI=1S/C40H52N2O12S4/c1-6-32-28(14-20-37-39(2,3)33-26-30(57(49,50)51)16-18-35(33)41(37)22-7-9-24-55(43,44)45)12-11-13-29(32)15-21-38-40(4,5)34-27-31(58(52,53)54)17-19-36(34)42(38)23-8-10-25-56(46,47)48/h14-21,26-27H,6-13,22-25H2,1-5H3,(H3-,43,44,45,46,47,48,49,50,51,52,53,54)/p+1. The molecule has 2 heterocycles. The lowest BCUT2D eigenvalue weighted by Gasteiger charge is -2.27. The second kappa shape index (κ2) is 16.9. The molecule has 2 aromatic rings. The maximum atomic E-state index is 12.1. The van der Waals surface area contributed by atoms with Crippen molar-refractivity contribution < 1.29 is 56.5 Å². The van der Waals surface area contributed by atoms with Crippen molar-refractivity contribution >= 4 is 57.6 Å². The van der Waals surface area contributed by atoms with Crippen molar-refractivity contribution in [3.63, 3.8) is 0 Å². The zero-order valence-corrected chi connectivity index (χ0v) is 36.6. The van der Waals surface area contributed by atoms with Gasteiger partial charge in [-0.3, -0.25) is 18.2 Å². The zero-order chi connectivity index (χ0) is 43.1. The highest BCUT2D eigenvalue weighted by atomic mass is 32.2. The van der Waals surface area contributed by atoms with Crippen molar-refractivity contribution in [1.82, 2.24) is 0 Å². The summed E-state index contributed by atoms with van der Waals surface area (Å²) >= 11 is 0. The highest BCUT2D eigenvalue weighted by Crippen LogP contribution is 2.49. The number of nitrogens with zero attached hydrogens (tertiary/aromatic N) is 2. The molecule has 3 aliphatic rings. The molecule has 14 nitrogen and oxygen atoms in total. The van der Waals surface area contributed by atoms with Crippen LogP contribution in [0.4, 0.5) is 11.4 Å².